The van der Waals surface area contributed by atoms with Crippen LogP contribution in [0.25, 0.3) is 0 Å². The number of benzene rings is 2. The first-order valence-electron chi connectivity index (χ1n) is 6.12. The number of halogens is 1. The van der Waals surface area contributed by atoms with Crippen molar-refractivity contribution in [2.24, 2.45) is 0 Å². The van der Waals surface area contributed by atoms with Crippen LogP contribution in [0.1, 0.15) is 5.56 Å². The fraction of sp³-hybridized carbons (Fsp3) is 0.143. The highest BCUT2D eigenvalue weighted by molar-refractivity contribution is 9.10. The van der Waals surface area contributed by atoms with E-state index in [0.717, 1.165) is 17.5 Å². The van der Waals surface area contributed by atoms with Crippen LogP contribution in [-0.2, 0) is 16.6 Å². The molecule has 2 aromatic carbocycles. The molecule has 0 spiro atoms. The average Bonchev–Trinajstić information content (AvgIpc) is 2.39. The van der Waals surface area contributed by atoms with E-state index in [-0.39, 0.29) is 5.75 Å². The zero-order valence-corrected chi connectivity index (χ0v) is 13.7. The van der Waals surface area contributed by atoms with E-state index in [0.29, 0.717) is 16.7 Å². The standard InChI is InChI=1S/C14H15BrN2O3S/c1-21(19,20)17-12-4-2-3-11(8-12)16-9-10-5-6-14(18)13(15)7-10/h2-8,16-18H,9H2,1H3. The van der Waals surface area contributed by atoms with Gasteiger partial charge in [0.2, 0.25) is 10.0 Å². The summed E-state index contributed by atoms with van der Waals surface area (Å²) in [5.74, 6) is 0.193. The average molecular weight is 371 g/mol. The maximum Gasteiger partial charge on any atom is 0.229 e. The number of hydrogen-bond acceptors (Lipinski definition) is 4. The summed E-state index contributed by atoms with van der Waals surface area (Å²) in [7, 11) is -3.28. The molecule has 0 aliphatic carbocycles. The van der Waals surface area contributed by atoms with Crippen LogP contribution in [0.4, 0.5) is 11.4 Å². The second-order valence-electron chi connectivity index (χ2n) is 4.59. The maximum absolute atomic E-state index is 11.2. The fourth-order valence-corrected chi connectivity index (χ4v) is 2.75. The van der Waals surface area contributed by atoms with Gasteiger partial charge in [-0.1, -0.05) is 12.1 Å². The van der Waals surface area contributed by atoms with Crippen molar-refractivity contribution < 1.29 is 13.5 Å². The van der Waals surface area contributed by atoms with Gasteiger partial charge in [0.1, 0.15) is 5.75 Å². The van der Waals surface area contributed by atoms with Crippen LogP contribution < -0.4 is 10.0 Å². The third kappa shape index (κ3) is 4.95. The van der Waals surface area contributed by atoms with Crippen LogP contribution in [0.5, 0.6) is 5.75 Å². The molecule has 0 saturated carbocycles. The fourth-order valence-electron chi connectivity index (χ4n) is 1.77. The molecule has 7 heteroatoms. The normalized spacial score (nSPS) is 11.1. The van der Waals surface area contributed by atoms with E-state index in [9.17, 15) is 13.5 Å². The topological polar surface area (TPSA) is 78.4 Å². The molecule has 0 amide bonds. The number of phenolic OH excluding ortho intramolecular Hbond substituents is 1. The van der Waals surface area contributed by atoms with Gasteiger partial charge in [-0.25, -0.2) is 8.42 Å². The molecule has 0 bridgehead atoms. The Balaban J connectivity index is 2.06. The molecule has 0 aromatic heterocycles. The van der Waals surface area contributed by atoms with E-state index in [1.165, 1.54) is 0 Å². The molecular weight excluding hydrogens is 356 g/mol. The summed E-state index contributed by atoms with van der Waals surface area (Å²) in [4.78, 5) is 0. The van der Waals surface area contributed by atoms with Crippen LogP contribution in [0.2, 0.25) is 0 Å². The largest absolute Gasteiger partial charge is 0.507 e. The Hall–Kier alpha value is -1.73. The Kier molecular flexibility index (Phi) is 4.74. The first kappa shape index (κ1) is 15.7. The molecular formula is C14H15BrN2O3S. The van der Waals surface area contributed by atoms with Gasteiger partial charge in [0.05, 0.1) is 16.4 Å². The minimum absolute atomic E-state index is 0.193. The highest BCUT2D eigenvalue weighted by atomic mass is 79.9. The predicted molar refractivity (Wildman–Crippen MR) is 88.0 cm³/mol. The van der Waals surface area contributed by atoms with E-state index in [2.05, 4.69) is 26.0 Å². The van der Waals surface area contributed by atoms with E-state index in [4.69, 9.17) is 0 Å². The SMILES string of the molecule is CS(=O)(=O)Nc1cccc(NCc2ccc(O)c(Br)c2)c1. The van der Waals surface area contributed by atoms with Crippen molar-refractivity contribution in [1.29, 1.82) is 0 Å². The van der Waals surface area contributed by atoms with Gasteiger partial charge >= 0.3 is 0 Å². The zero-order chi connectivity index (χ0) is 15.5. The number of aromatic hydroxyl groups is 1. The Bertz CT molecular complexity index is 748. The molecule has 2 rings (SSSR count). The second-order valence-corrected chi connectivity index (χ2v) is 7.20. The molecule has 3 N–H and O–H groups in total. The number of sulfonamides is 1. The number of phenols is 1. The molecule has 2 aromatic rings. The highest BCUT2D eigenvalue weighted by Gasteiger charge is 2.03. The molecule has 5 nitrogen and oxygen atoms in total. The first-order chi connectivity index (χ1) is 9.83. The predicted octanol–water partition coefficient (Wildman–Crippen LogP) is 3.14. The van der Waals surface area contributed by atoms with Crippen LogP contribution in [0.3, 0.4) is 0 Å². The van der Waals surface area contributed by atoms with E-state index < -0.39 is 10.0 Å². The van der Waals surface area contributed by atoms with Crippen LogP contribution in [0.15, 0.2) is 46.9 Å². The minimum atomic E-state index is -3.28. The Morgan fingerprint density at radius 1 is 1.14 bits per heavy atom. The number of anilines is 2. The van der Waals surface area contributed by atoms with Crippen molar-refractivity contribution in [2.75, 3.05) is 16.3 Å². The van der Waals surface area contributed by atoms with Gasteiger partial charge in [0, 0.05) is 12.2 Å². The lowest BCUT2D eigenvalue weighted by molar-refractivity contribution is 0.471. The van der Waals surface area contributed by atoms with Gasteiger partial charge in [-0.3, -0.25) is 4.72 Å². The lowest BCUT2D eigenvalue weighted by Gasteiger charge is -2.10. The lowest BCUT2D eigenvalue weighted by Crippen LogP contribution is -2.09. The molecule has 0 aliphatic rings. The third-order valence-electron chi connectivity index (χ3n) is 2.67. The second kappa shape index (κ2) is 6.36. The summed E-state index contributed by atoms with van der Waals surface area (Å²) in [5.41, 5.74) is 2.29. The maximum atomic E-state index is 11.2. The zero-order valence-electron chi connectivity index (χ0n) is 11.3. The number of hydrogen-bond donors (Lipinski definition) is 3. The van der Waals surface area contributed by atoms with Crippen LogP contribution in [0, 0.1) is 0 Å². The van der Waals surface area contributed by atoms with Gasteiger partial charge in [0.25, 0.3) is 0 Å². The first-order valence-corrected chi connectivity index (χ1v) is 8.81. The molecule has 0 saturated heterocycles. The molecule has 0 radical (unpaired) electrons. The summed E-state index contributed by atoms with van der Waals surface area (Å²) in [5, 5.41) is 12.6. The molecule has 0 fully saturated rings. The number of rotatable bonds is 5. The van der Waals surface area contributed by atoms with Crippen molar-refractivity contribution in [3.05, 3.63) is 52.5 Å². The quantitative estimate of drug-likeness (QED) is 0.755. The van der Waals surface area contributed by atoms with E-state index in [1.54, 1.807) is 24.3 Å². The lowest BCUT2D eigenvalue weighted by atomic mass is 10.2. The number of nitrogens with one attached hydrogen (secondary N) is 2. The Labute approximate surface area is 132 Å². The third-order valence-corrected chi connectivity index (χ3v) is 3.92. The van der Waals surface area contributed by atoms with Gasteiger partial charge in [-0.05, 0) is 51.8 Å². The highest BCUT2D eigenvalue weighted by Crippen LogP contribution is 2.25. The molecule has 0 heterocycles. The van der Waals surface area contributed by atoms with Crippen molar-refractivity contribution in [2.45, 2.75) is 6.54 Å². The summed E-state index contributed by atoms with van der Waals surface area (Å²) >= 11 is 3.26. The molecule has 0 unspecified atom stereocenters. The van der Waals surface area contributed by atoms with Gasteiger partial charge in [-0.15, -0.1) is 0 Å². The summed E-state index contributed by atoms with van der Waals surface area (Å²) < 4.78 is 25.5. The van der Waals surface area contributed by atoms with Crippen molar-refractivity contribution in [1.82, 2.24) is 0 Å². The molecule has 0 atom stereocenters. The van der Waals surface area contributed by atoms with E-state index >= 15 is 0 Å². The van der Waals surface area contributed by atoms with E-state index in [1.807, 2.05) is 18.2 Å². The molecule has 112 valence electrons. The van der Waals surface area contributed by atoms with Crippen molar-refractivity contribution in [3.63, 3.8) is 0 Å². The van der Waals surface area contributed by atoms with Gasteiger partial charge in [0.15, 0.2) is 0 Å². The Morgan fingerprint density at radius 2 is 1.86 bits per heavy atom. The smallest absolute Gasteiger partial charge is 0.229 e. The van der Waals surface area contributed by atoms with Crippen molar-refractivity contribution >= 4 is 37.3 Å². The summed E-state index contributed by atoms with van der Waals surface area (Å²) in [6.45, 7) is 0.557. The van der Waals surface area contributed by atoms with Gasteiger partial charge < -0.3 is 10.4 Å². The summed E-state index contributed by atoms with van der Waals surface area (Å²) in [6.07, 6.45) is 1.11. The Morgan fingerprint density at radius 3 is 2.52 bits per heavy atom. The summed E-state index contributed by atoms with van der Waals surface area (Å²) in [6, 6.07) is 12.3. The van der Waals surface area contributed by atoms with Crippen LogP contribution in [-0.4, -0.2) is 19.8 Å². The minimum Gasteiger partial charge on any atom is -0.507 e. The molecule has 21 heavy (non-hydrogen) atoms. The molecule has 0 aliphatic heterocycles. The van der Waals surface area contributed by atoms with Crippen LogP contribution >= 0.6 is 15.9 Å². The van der Waals surface area contributed by atoms with Crippen molar-refractivity contribution in [3.8, 4) is 5.75 Å². The monoisotopic (exact) mass is 370 g/mol. The van der Waals surface area contributed by atoms with Gasteiger partial charge in [-0.2, -0.15) is 0 Å².